The van der Waals surface area contributed by atoms with Gasteiger partial charge in [0.1, 0.15) is 5.65 Å². The van der Waals surface area contributed by atoms with Gasteiger partial charge in [0.2, 0.25) is 0 Å². The average molecular weight is 374 g/mol. The Morgan fingerprint density at radius 3 is 2.75 bits per heavy atom. The van der Waals surface area contributed by atoms with Crippen LogP contribution in [0.15, 0.2) is 53.5 Å². The second-order valence-electron chi connectivity index (χ2n) is 8.60. The summed E-state index contributed by atoms with van der Waals surface area (Å²) in [6.07, 6.45) is 3.94. The smallest absolute Gasteiger partial charge is 0.261 e. The fourth-order valence-electron chi connectivity index (χ4n) is 5.21. The molecule has 0 bridgehead atoms. The number of fused-ring (bicyclic) bond motifs is 2. The van der Waals surface area contributed by atoms with Gasteiger partial charge < -0.3 is 4.90 Å². The Morgan fingerprint density at radius 2 is 1.93 bits per heavy atom. The Balaban J connectivity index is 1.29. The van der Waals surface area contributed by atoms with E-state index in [0.29, 0.717) is 5.92 Å². The molecule has 2 fully saturated rings. The van der Waals surface area contributed by atoms with Crippen molar-refractivity contribution in [3.05, 3.63) is 81.4 Å². The van der Waals surface area contributed by atoms with Gasteiger partial charge in [0.25, 0.3) is 5.56 Å². The number of hydrogen-bond donors (Lipinski definition) is 0. The minimum Gasteiger partial charge on any atom is -0.302 e. The van der Waals surface area contributed by atoms with Crippen molar-refractivity contribution in [2.75, 3.05) is 19.6 Å². The van der Waals surface area contributed by atoms with E-state index < -0.39 is 0 Å². The molecular formula is C24H27N3O. The van der Waals surface area contributed by atoms with E-state index in [1.165, 1.54) is 18.5 Å². The van der Waals surface area contributed by atoms with Gasteiger partial charge in [0, 0.05) is 37.1 Å². The van der Waals surface area contributed by atoms with Crippen molar-refractivity contribution in [1.82, 2.24) is 14.3 Å². The molecule has 1 saturated carbocycles. The molecule has 144 valence electrons. The van der Waals surface area contributed by atoms with Crippen LogP contribution < -0.4 is 5.56 Å². The molecule has 4 nitrogen and oxygen atoms in total. The zero-order valence-electron chi connectivity index (χ0n) is 16.6. The van der Waals surface area contributed by atoms with E-state index in [0.717, 1.165) is 53.8 Å². The summed E-state index contributed by atoms with van der Waals surface area (Å²) < 4.78 is 1.69. The summed E-state index contributed by atoms with van der Waals surface area (Å²) in [6.45, 7) is 7.28. The molecule has 0 radical (unpaired) electrons. The molecule has 2 aliphatic rings. The van der Waals surface area contributed by atoms with Gasteiger partial charge in [-0.15, -0.1) is 0 Å². The highest BCUT2D eigenvalue weighted by Gasteiger charge is 2.47. The first-order valence-corrected chi connectivity index (χ1v) is 10.4. The third-order valence-corrected chi connectivity index (χ3v) is 6.83. The number of aryl methyl sites for hydroxylation is 2. The van der Waals surface area contributed by atoms with Crippen LogP contribution in [-0.4, -0.2) is 33.9 Å². The van der Waals surface area contributed by atoms with E-state index in [1.54, 1.807) is 4.40 Å². The third-order valence-electron chi connectivity index (χ3n) is 6.83. The van der Waals surface area contributed by atoms with E-state index in [-0.39, 0.29) is 5.56 Å². The largest absolute Gasteiger partial charge is 0.302 e. The highest BCUT2D eigenvalue weighted by Crippen LogP contribution is 2.51. The van der Waals surface area contributed by atoms with Crippen molar-refractivity contribution in [2.24, 2.45) is 11.8 Å². The summed E-state index contributed by atoms with van der Waals surface area (Å²) in [6, 6.07) is 14.9. The molecule has 0 amide bonds. The number of hydrogen-bond acceptors (Lipinski definition) is 3. The summed E-state index contributed by atoms with van der Waals surface area (Å²) >= 11 is 0. The topological polar surface area (TPSA) is 37.6 Å². The monoisotopic (exact) mass is 373 g/mol. The Morgan fingerprint density at radius 1 is 1.11 bits per heavy atom. The van der Waals surface area contributed by atoms with E-state index in [9.17, 15) is 4.79 Å². The molecule has 0 spiro atoms. The Labute approximate surface area is 165 Å². The van der Waals surface area contributed by atoms with Crippen molar-refractivity contribution in [3.63, 3.8) is 0 Å². The lowest BCUT2D eigenvalue weighted by molar-refractivity contribution is 0.191. The highest BCUT2D eigenvalue weighted by atomic mass is 16.1. The standard InChI is InChI=1S/C24H27N3O/c1-16-8-11-27-23(12-16)25-17(2)20(24(27)28)9-10-26-14-19-13-21(22(19)15-26)18-6-4-3-5-7-18/h3-8,11-12,19,21-22H,9-10,13-15H2,1-2H3. The lowest BCUT2D eigenvalue weighted by Gasteiger charge is -2.40. The van der Waals surface area contributed by atoms with Crippen molar-refractivity contribution in [2.45, 2.75) is 32.6 Å². The minimum atomic E-state index is 0.0897. The summed E-state index contributed by atoms with van der Waals surface area (Å²) in [4.78, 5) is 20.2. The fraction of sp³-hybridized carbons (Fsp3) is 0.417. The highest BCUT2D eigenvalue weighted by molar-refractivity contribution is 5.43. The first-order chi connectivity index (χ1) is 13.6. The van der Waals surface area contributed by atoms with Gasteiger partial charge in [-0.1, -0.05) is 30.3 Å². The first kappa shape index (κ1) is 17.6. The quantitative estimate of drug-likeness (QED) is 0.701. The SMILES string of the molecule is Cc1ccn2c(=O)c(CCN3CC4CC(c5ccccc5)C4C3)c(C)nc2c1. The van der Waals surface area contributed by atoms with Crippen molar-refractivity contribution >= 4 is 5.65 Å². The number of benzene rings is 1. The number of nitrogens with zero attached hydrogens (tertiary/aromatic N) is 3. The van der Waals surface area contributed by atoms with E-state index in [4.69, 9.17) is 0 Å². The van der Waals surface area contributed by atoms with Crippen LogP contribution >= 0.6 is 0 Å². The molecular weight excluding hydrogens is 346 g/mol. The lowest BCUT2D eigenvalue weighted by atomic mass is 9.64. The van der Waals surface area contributed by atoms with Crippen molar-refractivity contribution in [3.8, 4) is 0 Å². The van der Waals surface area contributed by atoms with Crippen LogP contribution in [-0.2, 0) is 6.42 Å². The van der Waals surface area contributed by atoms with Gasteiger partial charge in [-0.2, -0.15) is 0 Å². The van der Waals surface area contributed by atoms with E-state index in [2.05, 4.69) is 40.2 Å². The zero-order valence-corrected chi connectivity index (χ0v) is 16.6. The summed E-state index contributed by atoms with van der Waals surface area (Å²) in [7, 11) is 0. The molecule has 3 aromatic rings. The molecule has 4 heteroatoms. The molecule has 0 N–H and O–H groups in total. The molecule has 5 rings (SSSR count). The molecule has 1 aliphatic carbocycles. The number of pyridine rings is 1. The van der Waals surface area contributed by atoms with Gasteiger partial charge in [-0.05, 0) is 67.7 Å². The van der Waals surface area contributed by atoms with Crippen molar-refractivity contribution in [1.29, 1.82) is 0 Å². The Kier molecular flexibility index (Phi) is 4.31. The van der Waals surface area contributed by atoms with E-state index in [1.807, 2.05) is 32.2 Å². The van der Waals surface area contributed by atoms with Crippen LogP contribution in [0.4, 0.5) is 0 Å². The van der Waals surface area contributed by atoms with Gasteiger partial charge in [-0.25, -0.2) is 4.98 Å². The van der Waals surface area contributed by atoms with Crippen LogP contribution in [0, 0.1) is 25.7 Å². The van der Waals surface area contributed by atoms with Gasteiger partial charge in [-0.3, -0.25) is 9.20 Å². The molecule has 1 aromatic carbocycles. The van der Waals surface area contributed by atoms with Crippen molar-refractivity contribution < 1.29 is 0 Å². The summed E-state index contributed by atoms with van der Waals surface area (Å²) in [5.74, 6) is 2.32. The van der Waals surface area contributed by atoms with Crippen LogP contribution in [0.3, 0.4) is 0 Å². The maximum atomic E-state index is 12.9. The van der Waals surface area contributed by atoms with Gasteiger partial charge in [0.15, 0.2) is 0 Å². The number of likely N-dealkylation sites (tertiary alicyclic amines) is 1. The zero-order chi connectivity index (χ0) is 19.3. The molecule has 1 aliphatic heterocycles. The van der Waals surface area contributed by atoms with Crippen LogP contribution in [0.2, 0.25) is 0 Å². The predicted molar refractivity (Wildman–Crippen MR) is 112 cm³/mol. The molecule has 2 aromatic heterocycles. The van der Waals surface area contributed by atoms with Crippen LogP contribution in [0.25, 0.3) is 5.65 Å². The Hall–Kier alpha value is -2.46. The summed E-state index contributed by atoms with van der Waals surface area (Å²) in [5, 5.41) is 0. The molecule has 28 heavy (non-hydrogen) atoms. The maximum absolute atomic E-state index is 12.9. The molecule has 3 unspecified atom stereocenters. The maximum Gasteiger partial charge on any atom is 0.261 e. The average Bonchev–Trinajstić information content (AvgIpc) is 2.98. The molecule has 1 saturated heterocycles. The number of aromatic nitrogens is 2. The van der Waals surface area contributed by atoms with Crippen LogP contribution in [0.5, 0.6) is 0 Å². The van der Waals surface area contributed by atoms with Gasteiger partial charge in [0.05, 0.1) is 0 Å². The second kappa shape index (κ2) is 6.85. The third kappa shape index (κ3) is 2.96. The van der Waals surface area contributed by atoms with E-state index >= 15 is 0 Å². The first-order valence-electron chi connectivity index (χ1n) is 10.4. The minimum absolute atomic E-state index is 0.0897. The fourth-order valence-corrected chi connectivity index (χ4v) is 5.21. The number of rotatable bonds is 4. The van der Waals surface area contributed by atoms with Gasteiger partial charge >= 0.3 is 0 Å². The molecule has 3 atom stereocenters. The van der Waals surface area contributed by atoms with Crippen LogP contribution in [0.1, 0.15) is 34.7 Å². The summed E-state index contributed by atoms with van der Waals surface area (Å²) in [5.41, 5.74) is 5.19. The predicted octanol–water partition coefficient (Wildman–Crippen LogP) is 3.59. The molecule has 3 heterocycles. The normalized spacial score (nSPS) is 24.3. The lowest BCUT2D eigenvalue weighted by Crippen LogP contribution is -2.33. The Bertz CT molecular complexity index is 1070. The second-order valence-corrected chi connectivity index (χ2v) is 8.60.